The van der Waals surface area contributed by atoms with Crippen molar-refractivity contribution in [1.82, 2.24) is 20.4 Å². The van der Waals surface area contributed by atoms with E-state index in [4.69, 9.17) is 4.74 Å². The maximum Gasteiger partial charge on any atom is 0.270 e. The van der Waals surface area contributed by atoms with Crippen LogP contribution in [0.15, 0.2) is 42.5 Å². The predicted molar refractivity (Wildman–Crippen MR) is 117 cm³/mol. The monoisotopic (exact) mass is 422 g/mol. The molecule has 1 aliphatic heterocycles. The minimum absolute atomic E-state index is 0.0678. The van der Waals surface area contributed by atoms with Gasteiger partial charge in [0.2, 0.25) is 5.91 Å². The molecule has 0 fully saturated rings. The van der Waals surface area contributed by atoms with E-state index in [0.717, 1.165) is 36.1 Å². The zero-order valence-electron chi connectivity index (χ0n) is 18.2. The number of amides is 2. The molecule has 1 aliphatic carbocycles. The summed E-state index contributed by atoms with van der Waals surface area (Å²) < 4.78 is 7.55. The zero-order chi connectivity index (χ0) is 21.8. The molecule has 2 aliphatic rings. The summed E-state index contributed by atoms with van der Waals surface area (Å²) >= 11 is 0. The molecule has 1 aromatic carbocycles. The predicted octanol–water partition coefficient (Wildman–Crippen LogP) is 2.65. The van der Waals surface area contributed by atoms with Crippen LogP contribution in [0.1, 0.15) is 53.5 Å². The molecule has 2 N–H and O–H groups in total. The van der Waals surface area contributed by atoms with Crippen LogP contribution in [-0.2, 0) is 36.2 Å². The van der Waals surface area contributed by atoms with Crippen LogP contribution >= 0.6 is 0 Å². The van der Waals surface area contributed by atoms with E-state index in [1.807, 2.05) is 37.3 Å². The van der Waals surface area contributed by atoms with Gasteiger partial charge in [0.1, 0.15) is 5.69 Å². The van der Waals surface area contributed by atoms with E-state index < -0.39 is 0 Å². The molecule has 7 heteroatoms. The molecule has 2 atom stereocenters. The number of nitrogens with zero attached hydrogens (tertiary/aromatic N) is 2. The highest BCUT2D eigenvalue weighted by Gasteiger charge is 2.34. The Bertz CT molecular complexity index is 982. The van der Waals surface area contributed by atoms with Gasteiger partial charge < -0.3 is 15.4 Å². The number of carbonyl (C=O) groups is 2. The molecule has 2 unspecified atom stereocenters. The summed E-state index contributed by atoms with van der Waals surface area (Å²) in [6.45, 7) is 3.25. The summed E-state index contributed by atoms with van der Waals surface area (Å²) in [5, 5.41) is 10.5. The highest BCUT2D eigenvalue weighted by molar-refractivity contribution is 5.94. The third-order valence-electron chi connectivity index (χ3n) is 6.26. The Hall–Kier alpha value is -2.93. The lowest BCUT2D eigenvalue weighted by Crippen LogP contribution is -2.44. The molecule has 7 nitrogen and oxygen atoms in total. The number of allylic oxidation sites excluding steroid dienone is 2. The van der Waals surface area contributed by atoms with Gasteiger partial charge >= 0.3 is 0 Å². The number of hydrogen-bond acceptors (Lipinski definition) is 4. The molecular formula is C24H30N4O3. The largest absolute Gasteiger partial charge is 0.370 e. The van der Waals surface area contributed by atoms with Crippen LogP contribution in [0, 0.1) is 5.41 Å². The van der Waals surface area contributed by atoms with Crippen molar-refractivity contribution in [3.63, 3.8) is 0 Å². The van der Waals surface area contributed by atoms with Crippen molar-refractivity contribution in [3.05, 3.63) is 65.0 Å². The van der Waals surface area contributed by atoms with Gasteiger partial charge in [0.05, 0.1) is 23.8 Å². The highest BCUT2D eigenvalue weighted by Crippen LogP contribution is 2.32. The Morgan fingerprint density at radius 3 is 2.77 bits per heavy atom. The summed E-state index contributed by atoms with van der Waals surface area (Å²) in [6.07, 6.45) is 7.15. The van der Waals surface area contributed by atoms with E-state index in [2.05, 4.69) is 27.9 Å². The molecule has 1 aromatic heterocycles. The number of aromatic nitrogens is 2. The summed E-state index contributed by atoms with van der Waals surface area (Å²) in [5.74, 6) is -0.0791. The third-order valence-corrected chi connectivity index (χ3v) is 6.26. The van der Waals surface area contributed by atoms with Crippen molar-refractivity contribution >= 4 is 11.8 Å². The van der Waals surface area contributed by atoms with E-state index in [9.17, 15) is 9.59 Å². The number of rotatable bonds is 6. The fourth-order valence-electron chi connectivity index (χ4n) is 4.31. The van der Waals surface area contributed by atoms with Crippen LogP contribution in [-0.4, -0.2) is 34.2 Å². The van der Waals surface area contributed by atoms with E-state index in [1.165, 1.54) is 0 Å². The lowest BCUT2D eigenvalue weighted by Gasteiger charge is -2.30. The quantitative estimate of drug-likeness (QED) is 0.701. The molecule has 0 radical (unpaired) electrons. The number of carbonyl (C=O) groups excluding carboxylic acids is 2. The summed E-state index contributed by atoms with van der Waals surface area (Å²) in [4.78, 5) is 25.6. The minimum Gasteiger partial charge on any atom is -0.370 e. The van der Waals surface area contributed by atoms with E-state index in [1.54, 1.807) is 11.7 Å². The second-order valence-electron chi connectivity index (χ2n) is 8.69. The van der Waals surface area contributed by atoms with Crippen molar-refractivity contribution < 1.29 is 14.3 Å². The summed E-state index contributed by atoms with van der Waals surface area (Å²) in [5.41, 5.74) is 2.95. The lowest BCUT2D eigenvalue weighted by molar-refractivity contribution is -0.131. The maximum atomic E-state index is 12.9. The minimum atomic E-state index is -0.356. The summed E-state index contributed by atoms with van der Waals surface area (Å²) in [7, 11) is 1.78. The molecule has 2 heterocycles. The number of fused-ring (bicyclic) bond motifs is 1. The second-order valence-corrected chi connectivity index (χ2v) is 8.69. The average molecular weight is 423 g/mol. The smallest absolute Gasteiger partial charge is 0.270 e. The first kappa shape index (κ1) is 21.3. The Kier molecular flexibility index (Phi) is 6.23. The molecule has 164 valence electrons. The van der Waals surface area contributed by atoms with Gasteiger partial charge in [0.25, 0.3) is 5.91 Å². The molecule has 31 heavy (non-hydrogen) atoms. The first-order valence-electron chi connectivity index (χ1n) is 10.9. The van der Waals surface area contributed by atoms with Crippen molar-refractivity contribution in [2.24, 2.45) is 12.5 Å². The van der Waals surface area contributed by atoms with Gasteiger partial charge in [-0.3, -0.25) is 14.3 Å². The number of hydrogen-bond donors (Lipinski definition) is 2. The van der Waals surface area contributed by atoms with Gasteiger partial charge in [0.15, 0.2) is 0 Å². The van der Waals surface area contributed by atoms with Gasteiger partial charge in [-0.25, -0.2) is 0 Å². The van der Waals surface area contributed by atoms with Crippen molar-refractivity contribution in [3.8, 4) is 0 Å². The Balaban J connectivity index is 1.38. The zero-order valence-corrected chi connectivity index (χ0v) is 18.2. The van der Waals surface area contributed by atoms with E-state index in [0.29, 0.717) is 31.8 Å². The van der Waals surface area contributed by atoms with E-state index in [-0.39, 0.29) is 23.3 Å². The molecular weight excluding hydrogens is 392 g/mol. The first-order chi connectivity index (χ1) is 15.0. The number of ether oxygens (including phenoxy) is 1. The lowest BCUT2D eigenvalue weighted by atomic mass is 9.78. The summed E-state index contributed by atoms with van der Waals surface area (Å²) in [6, 6.07) is 9.82. The fourth-order valence-corrected chi connectivity index (χ4v) is 4.31. The number of nitrogens with one attached hydrogen (secondary N) is 2. The van der Waals surface area contributed by atoms with Crippen LogP contribution in [0.2, 0.25) is 0 Å². The normalized spacial score (nSPS) is 22.6. The van der Waals surface area contributed by atoms with Crippen LogP contribution in [0.4, 0.5) is 0 Å². The average Bonchev–Trinajstić information content (AvgIpc) is 3.12. The van der Waals surface area contributed by atoms with Crippen LogP contribution in [0.5, 0.6) is 0 Å². The Morgan fingerprint density at radius 2 is 2.03 bits per heavy atom. The standard InChI is InChI=1S/C24H30N4O3/c1-24(11-7-4-8-12-24)23(30)26-15-18-13-19-20(16-31-18)27-28(2)21(19)22(29)25-14-17-9-5-3-6-10-17/h3-7,9-10,18H,8,11-16H2,1-2H3,(H,25,29)(H,26,30). The first-order valence-corrected chi connectivity index (χ1v) is 10.9. The van der Waals surface area contributed by atoms with Crippen LogP contribution in [0.25, 0.3) is 0 Å². The van der Waals surface area contributed by atoms with Crippen molar-refractivity contribution in [2.75, 3.05) is 6.54 Å². The van der Waals surface area contributed by atoms with Crippen LogP contribution < -0.4 is 10.6 Å². The Labute approximate surface area is 182 Å². The third kappa shape index (κ3) is 4.71. The maximum absolute atomic E-state index is 12.9. The van der Waals surface area contributed by atoms with E-state index >= 15 is 0 Å². The molecule has 0 saturated heterocycles. The van der Waals surface area contributed by atoms with Gasteiger partial charge in [-0.05, 0) is 24.8 Å². The molecule has 4 rings (SSSR count). The van der Waals surface area contributed by atoms with Crippen LogP contribution in [0.3, 0.4) is 0 Å². The van der Waals surface area contributed by atoms with Gasteiger partial charge in [-0.2, -0.15) is 5.10 Å². The molecule has 0 bridgehead atoms. The Morgan fingerprint density at radius 1 is 1.23 bits per heavy atom. The van der Waals surface area contributed by atoms with Gasteiger partial charge in [-0.1, -0.05) is 49.4 Å². The van der Waals surface area contributed by atoms with Crippen molar-refractivity contribution in [2.45, 2.75) is 51.9 Å². The van der Waals surface area contributed by atoms with Crippen molar-refractivity contribution in [1.29, 1.82) is 0 Å². The van der Waals surface area contributed by atoms with Gasteiger partial charge in [-0.15, -0.1) is 0 Å². The molecule has 0 saturated carbocycles. The topological polar surface area (TPSA) is 85.3 Å². The molecule has 0 spiro atoms. The molecule has 2 aromatic rings. The fraction of sp³-hybridized carbons (Fsp3) is 0.458. The number of aryl methyl sites for hydroxylation is 1. The number of benzene rings is 1. The SMILES string of the molecule is Cn1nc2c(c1C(=O)NCc1ccccc1)CC(CNC(=O)C1(C)CC=CCC1)OC2. The van der Waals surface area contributed by atoms with Gasteiger partial charge in [0, 0.05) is 32.1 Å². The highest BCUT2D eigenvalue weighted by atomic mass is 16.5. The second kappa shape index (κ2) is 9.06. The molecule has 2 amide bonds.